The summed E-state index contributed by atoms with van der Waals surface area (Å²) in [5.74, 6) is 0. The molecule has 2 rings (SSSR count). The summed E-state index contributed by atoms with van der Waals surface area (Å²) in [6.45, 7) is 7.91. The highest BCUT2D eigenvalue weighted by molar-refractivity contribution is 7.11. The third kappa shape index (κ3) is 2.73. The van der Waals surface area contributed by atoms with Gasteiger partial charge in [-0.2, -0.15) is 5.10 Å². The van der Waals surface area contributed by atoms with Gasteiger partial charge in [-0.3, -0.25) is 4.68 Å². The van der Waals surface area contributed by atoms with E-state index in [1.165, 1.54) is 16.1 Å². The van der Waals surface area contributed by atoms with Gasteiger partial charge in [0.25, 0.3) is 0 Å². The molecule has 2 aromatic rings. The molecule has 4 nitrogen and oxygen atoms in total. The number of nitrogens with zero attached hydrogens (tertiary/aromatic N) is 3. The Kier molecular flexibility index (Phi) is 3.59. The topological polar surface area (TPSA) is 42.7 Å². The highest BCUT2D eigenvalue weighted by atomic mass is 32.1. The van der Waals surface area contributed by atoms with E-state index >= 15 is 0 Å². The van der Waals surface area contributed by atoms with E-state index < -0.39 is 0 Å². The van der Waals surface area contributed by atoms with Crippen molar-refractivity contribution >= 4 is 11.3 Å². The van der Waals surface area contributed by atoms with Crippen molar-refractivity contribution < 1.29 is 0 Å². The minimum absolute atomic E-state index is 0.826. The summed E-state index contributed by atoms with van der Waals surface area (Å²) in [4.78, 5) is 5.59. The van der Waals surface area contributed by atoms with Gasteiger partial charge in [0, 0.05) is 42.5 Å². The number of nitrogens with one attached hydrogen (secondary N) is 1. The van der Waals surface area contributed by atoms with Crippen molar-refractivity contribution in [3.8, 4) is 0 Å². The largest absolute Gasteiger partial charge is 0.306 e. The van der Waals surface area contributed by atoms with Crippen molar-refractivity contribution in [2.24, 2.45) is 7.05 Å². The van der Waals surface area contributed by atoms with Gasteiger partial charge in [0.05, 0.1) is 5.69 Å². The second-order valence-corrected chi connectivity index (χ2v) is 5.56. The standard InChI is InChI=1S/C12H18N4S/c1-8-5-14-12(17-8)7-13-6-11-9(2)15-16(4)10(11)3/h5,13H,6-7H2,1-4H3. The van der Waals surface area contributed by atoms with Gasteiger partial charge in [0.1, 0.15) is 5.01 Å². The van der Waals surface area contributed by atoms with E-state index in [2.05, 4.69) is 36.2 Å². The molecule has 1 N–H and O–H groups in total. The maximum atomic E-state index is 4.40. The van der Waals surface area contributed by atoms with Crippen LogP contribution in [0.3, 0.4) is 0 Å². The first-order chi connectivity index (χ1) is 8.08. The molecule has 17 heavy (non-hydrogen) atoms. The Morgan fingerprint density at radius 1 is 1.29 bits per heavy atom. The van der Waals surface area contributed by atoms with Gasteiger partial charge in [-0.15, -0.1) is 11.3 Å². The molecule has 0 aliphatic heterocycles. The average Bonchev–Trinajstić information content (AvgIpc) is 2.78. The van der Waals surface area contributed by atoms with E-state index in [4.69, 9.17) is 0 Å². The molecular formula is C12H18N4S. The summed E-state index contributed by atoms with van der Waals surface area (Å²) in [7, 11) is 1.98. The molecule has 0 saturated carbocycles. The summed E-state index contributed by atoms with van der Waals surface area (Å²) in [6, 6.07) is 0. The number of rotatable bonds is 4. The molecule has 0 aliphatic rings. The lowest BCUT2D eigenvalue weighted by Gasteiger charge is -2.03. The molecule has 0 amide bonds. The van der Waals surface area contributed by atoms with Gasteiger partial charge in [-0.1, -0.05) is 0 Å². The van der Waals surface area contributed by atoms with Crippen LogP contribution in [0.2, 0.25) is 0 Å². The third-order valence-electron chi connectivity index (χ3n) is 2.91. The highest BCUT2D eigenvalue weighted by Crippen LogP contribution is 2.13. The van der Waals surface area contributed by atoms with E-state index in [1.807, 2.05) is 17.9 Å². The van der Waals surface area contributed by atoms with Gasteiger partial charge >= 0.3 is 0 Å². The predicted molar refractivity (Wildman–Crippen MR) is 70.1 cm³/mol. The van der Waals surface area contributed by atoms with Crippen molar-refractivity contribution in [3.63, 3.8) is 0 Å². The molecule has 5 heteroatoms. The van der Waals surface area contributed by atoms with E-state index in [-0.39, 0.29) is 0 Å². The molecule has 2 aromatic heterocycles. The minimum atomic E-state index is 0.826. The van der Waals surface area contributed by atoms with Crippen LogP contribution in [-0.2, 0) is 20.1 Å². The van der Waals surface area contributed by atoms with Crippen molar-refractivity contribution in [1.29, 1.82) is 0 Å². The summed E-state index contributed by atoms with van der Waals surface area (Å²) >= 11 is 1.74. The first-order valence-electron chi connectivity index (χ1n) is 5.69. The first kappa shape index (κ1) is 12.3. The van der Waals surface area contributed by atoms with Crippen molar-refractivity contribution in [2.45, 2.75) is 33.9 Å². The molecule has 0 bridgehead atoms. The molecule has 0 aliphatic carbocycles. The lowest BCUT2D eigenvalue weighted by Crippen LogP contribution is -2.13. The number of aromatic nitrogens is 3. The molecule has 0 unspecified atom stereocenters. The van der Waals surface area contributed by atoms with Crippen LogP contribution in [0.25, 0.3) is 0 Å². The zero-order chi connectivity index (χ0) is 12.4. The van der Waals surface area contributed by atoms with Gasteiger partial charge < -0.3 is 5.32 Å². The van der Waals surface area contributed by atoms with Crippen LogP contribution in [0, 0.1) is 20.8 Å². The van der Waals surface area contributed by atoms with Gasteiger partial charge in [-0.25, -0.2) is 4.98 Å². The second kappa shape index (κ2) is 4.98. The molecule has 0 fully saturated rings. The Labute approximate surface area is 106 Å². The quantitative estimate of drug-likeness (QED) is 0.903. The van der Waals surface area contributed by atoms with Crippen LogP contribution < -0.4 is 5.32 Å². The van der Waals surface area contributed by atoms with Crippen molar-refractivity contribution in [1.82, 2.24) is 20.1 Å². The Morgan fingerprint density at radius 3 is 2.59 bits per heavy atom. The SMILES string of the molecule is Cc1cnc(CNCc2c(C)nn(C)c2C)s1. The molecule has 2 heterocycles. The number of hydrogen-bond donors (Lipinski definition) is 1. The molecule has 92 valence electrons. The third-order valence-corrected chi connectivity index (χ3v) is 3.82. The van der Waals surface area contributed by atoms with Crippen LogP contribution in [0.15, 0.2) is 6.20 Å². The normalized spacial score (nSPS) is 11.1. The Hall–Kier alpha value is -1.20. The minimum Gasteiger partial charge on any atom is -0.306 e. The fourth-order valence-corrected chi connectivity index (χ4v) is 2.61. The second-order valence-electron chi connectivity index (χ2n) is 4.24. The fourth-order valence-electron chi connectivity index (χ4n) is 1.85. The zero-order valence-electron chi connectivity index (χ0n) is 10.7. The lowest BCUT2D eigenvalue weighted by atomic mass is 10.2. The Bertz CT molecular complexity index is 513. The summed E-state index contributed by atoms with van der Waals surface area (Å²) in [5.41, 5.74) is 3.62. The van der Waals surface area contributed by atoms with Gasteiger partial charge in [0.2, 0.25) is 0 Å². The Morgan fingerprint density at radius 2 is 2.06 bits per heavy atom. The smallest absolute Gasteiger partial charge is 0.107 e. The molecule has 0 atom stereocenters. The zero-order valence-corrected chi connectivity index (χ0v) is 11.6. The Balaban J connectivity index is 1.94. The van der Waals surface area contributed by atoms with Gasteiger partial charge in [-0.05, 0) is 20.8 Å². The summed E-state index contributed by atoms with van der Waals surface area (Å²) in [5, 5.41) is 8.97. The molecule has 0 spiro atoms. The predicted octanol–water partition coefficient (Wildman–Crippen LogP) is 2.09. The maximum absolute atomic E-state index is 4.40. The number of aryl methyl sites for hydroxylation is 3. The van der Waals surface area contributed by atoms with Crippen LogP contribution >= 0.6 is 11.3 Å². The van der Waals surface area contributed by atoms with Crippen molar-refractivity contribution in [2.75, 3.05) is 0 Å². The van der Waals surface area contributed by atoms with E-state index in [9.17, 15) is 0 Å². The van der Waals surface area contributed by atoms with Crippen LogP contribution in [0.5, 0.6) is 0 Å². The molecular weight excluding hydrogens is 232 g/mol. The monoisotopic (exact) mass is 250 g/mol. The number of thiazole rings is 1. The van der Waals surface area contributed by atoms with Crippen molar-refractivity contribution in [3.05, 3.63) is 33.0 Å². The summed E-state index contributed by atoms with van der Waals surface area (Å²) in [6.07, 6.45) is 1.92. The number of hydrogen-bond acceptors (Lipinski definition) is 4. The fraction of sp³-hybridized carbons (Fsp3) is 0.500. The van der Waals surface area contributed by atoms with E-state index in [0.717, 1.165) is 23.8 Å². The van der Waals surface area contributed by atoms with Crippen LogP contribution in [0.4, 0.5) is 0 Å². The molecule has 0 aromatic carbocycles. The highest BCUT2D eigenvalue weighted by Gasteiger charge is 2.08. The average molecular weight is 250 g/mol. The van der Waals surface area contributed by atoms with E-state index in [0.29, 0.717) is 0 Å². The summed E-state index contributed by atoms with van der Waals surface area (Å²) < 4.78 is 1.93. The first-order valence-corrected chi connectivity index (χ1v) is 6.50. The van der Waals surface area contributed by atoms with E-state index in [1.54, 1.807) is 11.3 Å². The lowest BCUT2D eigenvalue weighted by molar-refractivity contribution is 0.681. The maximum Gasteiger partial charge on any atom is 0.107 e. The molecule has 0 radical (unpaired) electrons. The van der Waals surface area contributed by atoms with Crippen LogP contribution in [-0.4, -0.2) is 14.8 Å². The van der Waals surface area contributed by atoms with Gasteiger partial charge in [0.15, 0.2) is 0 Å². The van der Waals surface area contributed by atoms with Crippen LogP contribution in [0.1, 0.15) is 26.8 Å². The molecule has 0 saturated heterocycles.